The van der Waals surface area contributed by atoms with E-state index in [0.29, 0.717) is 6.54 Å². The summed E-state index contributed by atoms with van der Waals surface area (Å²) >= 11 is 0. The number of carbonyl (C=O) groups is 2. The Balaban J connectivity index is 4.33. The molecule has 0 radical (unpaired) electrons. The monoisotopic (exact) mass is 299 g/mol. The Bertz CT molecular complexity index is 372. The molecule has 0 heterocycles. The number of Topliss-reactive ketones (excluding diaryl/α,β-unsaturated/α-hetero) is 1. The van der Waals surface area contributed by atoms with Crippen molar-refractivity contribution in [1.82, 2.24) is 4.90 Å². The molecule has 0 aliphatic heterocycles. The molecule has 0 rings (SSSR count). The highest BCUT2D eigenvalue weighted by Crippen LogP contribution is 2.38. The third kappa shape index (κ3) is 6.60. The van der Waals surface area contributed by atoms with Crippen LogP contribution in [0.4, 0.5) is 0 Å². The SMILES string of the molecule is CN(CC(C)(C)C)C(=O)COCC(=O)C(C)(C)C(C)(C)C. The predicted molar refractivity (Wildman–Crippen MR) is 86.2 cm³/mol. The van der Waals surface area contributed by atoms with Gasteiger partial charge >= 0.3 is 0 Å². The molecular formula is C17H33NO3. The maximum Gasteiger partial charge on any atom is 0.248 e. The molecule has 1 amide bonds. The maximum atomic E-state index is 12.2. The van der Waals surface area contributed by atoms with Crippen LogP contribution in [0.1, 0.15) is 55.4 Å². The molecule has 0 saturated carbocycles. The molecule has 0 atom stereocenters. The molecule has 0 N–H and O–H groups in total. The first-order valence-electron chi connectivity index (χ1n) is 7.53. The largest absolute Gasteiger partial charge is 0.364 e. The molecule has 0 aromatic rings. The smallest absolute Gasteiger partial charge is 0.248 e. The van der Waals surface area contributed by atoms with Crippen LogP contribution < -0.4 is 0 Å². The Morgan fingerprint density at radius 3 is 1.76 bits per heavy atom. The molecule has 4 nitrogen and oxygen atoms in total. The second-order valence-electron chi connectivity index (χ2n) is 8.60. The van der Waals surface area contributed by atoms with Crippen molar-refractivity contribution in [3.63, 3.8) is 0 Å². The third-order valence-electron chi connectivity index (χ3n) is 4.17. The lowest BCUT2D eigenvalue weighted by Crippen LogP contribution is -2.41. The average molecular weight is 299 g/mol. The molecular weight excluding hydrogens is 266 g/mol. The van der Waals surface area contributed by atoms with E-state index in [1.54, 1.807) is 11.9 Å². The Hall–Kier alpha value is -0.900. The van der Waals surface area contributed by atoms with Gasteiger partial charge in [-0.15, -0.1) is 0 Å². The van der Waals surface area contributed by atoms with Gasteiger partial charge in [0, 0.05) is 19.0 Å². The molecule has 0 fully saturated rings. The van der Waals surface area contributed by atoms with Crippen molar-refractivity contribution >= 4 is 11.7 Å². The van der Waals surface area contributed by atoms with E-state index in [1.165, 1.54) is 0 Å². The first-order valence-corrected chi connectivity index (χ1v) is 7.53. The molecule has 0 aliphatic rings. The molecule has 21 heavy (non-hydrogen) atoms. The zero-order valence-corrected chi connectivity index (χ0v) is 15.3. The standard InChI is InChI=1S/C17H33NO3/c1-15(2,3)12-18(9)14(20)11-21-10-13(19)17(7,8)16(4,5)6/h10-12H2,1-9H3. The minimum absolute atomic E-state index is 0.0145. The lowest BCUT2D eigenvalue weighted by molar-refractivity contribution is -0.142. The van der Waals surface area contributed by atoms with E-state index >= 15 is 0 Å². The number of hydrogen-bond donors (Lipinski definition) is 0. The number of hydrogen-bond acceptors (Lipinski definition) is 3. The van der Waals surface area contributed by atoms with Crippen LogP contribution in [0.15, 0.2) is 0 Å². The summed E-state index contributed by atoms with van der Waals surface area (Å²) in [7, 11) is 1.76. The third-order valence-corrected chi connectivity index (χ3v) is 4.17. The van der Waals surface area contributed by atoms with Crippen LogP contribution in [0.5, 0.6) is 0 Å². The Morgan fingerprint density at radius 1 is 0.905 bits per heavy atom. The highest BCUT2D eigenvalue weighted by Gasteiger charge is 2.39. The van der Waals surface area contributed by atoms with Gasteiger partial charge in [0.2, 0.25) is 5.91 Å². The normalized spacial score (nSPS) is 13.2. The van der Waals surface area contributed by atoms with Gasteiger partial charge in [0.15, 0.2) is 5.78 Å². The number of nitrogens with zero attached hydrogens (tertiary/aromatic N) is 1. The fraction of sp³-hybridized carbons (Fsp3) is 0.882. The fourth-order valence-corrected chi connectivity index (χ4v) is 1.74. The maximum absolute atomic E-state index is 12.2. The molecule has 0 bridgehead atoms. The molecule has 0 aromatic carbocycles. The number of amides is 1. The molecule has 0 saturated heterocycles. The van der Waals surface area contributed by atoms with E-state index in [-0.39, 0.29) is 35.7 Å². The number of carbonyl (C=O) groups excluding carboxylic acids is 2. The fourth-order valence-electron chi connectivity index (χ4n) is 1.74. The van der Waals surface area contributed by atoms with Crippen LogP contribution in [0, 0.1) is 16.2 Å². The van der Waals surface area contributed by atoms with Crippen molar-refractivity contribution < 1.29 is 14.3 Å². The second kappa shape index (κ2) is 6.91. The van der Waals surface area contributed by atoms with Crippen molar-refractivity contribution in [3.8, 4) is 0 Å². The first-order chi connectivity index (χ1) is 9.18. The van der Waals surface area contributed by atoms with Gasteiger partial charge in [-0.2, -0.15) is 0 Å². The summed E-state index contributed by atoms with van der Waals surface area (Å²) in [6, 6.07) is 0. The topological polar surface area (TPSA) is 46.6 Å². The molecule has 4 heteroatoms. The van der Waals surface area contributed by atoms with Crippen molar-refractivity contribution in [2.24, 2.45) is 16.2 Å². The van der Waals surface area contributed by atoms with Crippen molar-refractivity contribution in [2.45, 2.75) is 55.4 Å². The van der Waals surface area contributed by atoms with Gasteiger partial charge in [-0.25, -0.2) is 0 Å². The first kappa shape index (κ1) is 20.1. The summed E-state index contributed by atoms with van der Waals surface area (Å²) < 4.78 is 5.33. The zero-order valence-electron chi connectivity index (χ0n) is 15.3. The summed E-state index contributed by atoms with van der Waals surface area (Å²) in [5.41, 5.74) is -0.567. The van der Waals surface area contributed by atoms with E-state index in [1.807, 2.05) is 34.6 Å². The van der Waals surface area contributed by atoms with E-state index in [2.05, 4.69) is 20.8 Å². The molecule has 0 aromatic heterocycles. The minimum Gasteiger partial charge on any atom is -0.364 e. The van der Waals surface area contributed by atoms with Crippen molar-refractivity contribution in [1.29, 1.82) is 0 Å². The van der Waals surface area contributed by atoms with Gasteiger partial charge in [-0.1, -0.05) is 55.4 Å². The zero-order chi connectivity index (χ0) is 17.1. The van der Waals surface area contributed by atoms with Crippen LogP contribution in [-0.2, 0) is 14.3 Å². The Morgan fingerprint density at radius 2 is 1.38 bits per heavy atom. The van der Waals surface area contributed by atoms with Crippen LogP contribution in [0.25, 0.3) is 0 Å². The van der Waals surface area contributed by atoms with Gasteiger partial charge in [0.1, 0.15) is 13.2 Å². The highest BCUT2D eigenvalue weighted by molar-refractivity contribution is 5.86. The summed E-state index contributed by atoms with van der Waals surface area (Å²) in [5.74, 6) is -0.0624. The second-order valence-corrected chi connectivity index (χ2v) is 8.60. The Kier molecular flexibility index (Phi) is 6.61. The average Bonchev–Trinajstić information content (AvgIpc) is 2.24. The number of rotatable bonds is 6. The van der Waals surface area contributed by atoms with Crippen LogP contribution >= 0.6 is 0 Å². The van der Waals surface area contributed by atoms with Gasteiger partial charge < -0.3 is 9.64 Å². The number of likely N-dealkylation sites (N-methyl/N-ethyl adjacent to an activating group) is 1. The minimum atomic E-state index is -0.479. The van der Waals surface area contributed by atoms with Crippen LogP contribution in [-0.4, -0.2) is 43.4 Å². The lowest BCUT2D eigenvalue weighted by atomic mass is 9.67. The van der Waals surface area contributed by atoms with Gasteiger partial charge in [0.05, 0.1) is 0 Å². The molecule has 0 aliphatic carbocycles. The van der Waals surface area contributed by atoms with Crippen LogP contribution in [0.2, 0.25) is 0 Å². The number of ketones is 1. The van der Waals surface area contributed by atoms with Gasteiger partial charge in [0.25, 0.3) is 0 Å². The summed E-state index contributed by atoms with van der Waals surface area (Å²) in [6.45, 7) is 16.8. The van der Waals surface area contributed by atoms with E-state index < -0.39 is 5.41 Å². The number of ether oxygens (including phenoxy) is 1. The summed E-state index contributed by atoms with van der Waals surface area (Å²) in [4.78, 5) is 25.8. The lowest BCUT2D eigenvalue weighted by Gasteiger charge is -2.37. The molecule has 0 unspecified atom stereocenters. The molecule has 0 spiro atoms. The van der Waals surface area contributed by atoms with E-state index in [4.69, 9.17) is 4.74 Å². The van der Waals surface area contributed by atoms with Gasteiger partial charge in [-0.05, 0) is 10.8 Å². The van der Waals surface area contributed by atoms with Crippen molar-refractivity contribution in [3.05, 3.63) is 0 Å². The molecule has 124 valence electrons. The van der Waals surface area contributed by atoms with E-state index in [0.717, 1.165) is 0 Å². The predicted octanol–water partition coefficient (Wildman–Crippen LogP) is 3.15. The van der Waals surface area contributed by atoms with E-state index in [9.17, 15) is 9.59 Å². The van der Waals surface area contributed by atoms with Crippen molar-refractivity contribution in [2.75, 3.05) is 26.8 Å². The summed E-state index contributed by atoms with van der Waals surface area (Å²) in [5, 5.41) is 0. The van der Waals surface area contributed by atoms with Gasteiger partial charge in [-0.3, -0.25) is 9.59 Å². The van der Waals surface area contributed by atoms with Crippen LogP contribution in [0.3, 0.4) is 0 Å². The Labute approximate surface area is 130 Å². The quantitative estimate of drug-likeness (QED) is 0.757. The highest BCUT2D eigenvalue weighted by atomic mass is 16.5. The summed E-state index contributed by atoms with van der Waals surface area (Å²) in [6.07, 6.45) is 0.